The predicted octanol–water partition coefficient (Wildman–Crippen LogP) is 19.1. The molecule has 10 aromatic rings. The summed E-state index contributed by atoms with van der Waals surface area (Å²) in [5, 5.41) is 56.3. The first kappa shape index (κ1) is 82.5. The molecule has 0 bridgehead atoms. The van der Waals surface area contributed by atoms with Gasteiger partial charge in [0.2, 0.25) is 0 Å². The molecule has 0 unspecified atom stereocenters. The van der Waals surface area contributed by atoms with Gasteiger partial charge in [-0.25, -0.2) is 18.8 Å². The topological polar surface area (TPSA) is 383 Å². The van der Waals surface area contributed by atoms with Crippen LogP contribution in [0.3, 0.4) is 0 Å². The molecule has 0 aliphatic carbocycles. The van der Waals surface area contributed by atoms with Crippen LogP contribution in [0.15, 0.2) is 243 Å². The van der Waals surface area contributed by atoms with Crippen LogP contribution in [0.1, 0.15) is 90.1 Å². The van der Waals surface area contributed by atoms with Crippen molar-refractivity contribution in [3.05, 3.63) is 307 Å². The van der Waals surface area contributed by atoms with E-state index in [-0.39, 0.29) is 22.7 Å². The SMILES string of the molecule is CC(C)(C)OC(=O)Nc1ccc(N)c(NCc2ccccc2)c1.CC(C)(C)OC(=O)Nc1ccc(N)c(NCc2ccccc2)c1.CC(C)(C)OC(=O)Nc1ccc([N+](=O)[O-])c(NCc2ccccc2)c1.Nc1ccc([N+](=O)[O-])c(NCc2ccccc2)c1.O=[N+]([O-])c1ccc(F)cc1NCc1ccccc1. The van der Waals surface area contributed by atoms with Gasteiger partial charge in [0.25, 0.3) is 17.1 Å². The fourth-order valence-corrected chi connectivity index (χ4v) is 9.38. The Labute approximate surface area is 621 Å². The molecule has 107 heavy (non-hydrogen) atoms. The number of ether oxygens (including phenoxy) is 3. The van der Waals surface area contributed by atoms with Gasteiger partial charge in [-0.2, -0.15) is 0 Å². The number of carbonyl (C=O) groups excluding carboxylic acids is 3. The third-order valence-electron chi connectivity index (χ3n) is 14.2. The van der Waals surface area contributed by atoms with Gasteiger partial charge in [0.05, 0.1) is 37.5 Å². The van der Waals surface area contributed by atoms with E-state index in [1.807, 2.05) is 193 Å². The molecule has 0 radical (unpaired) electrons. The highest BCUT2D eigenvalue weighted by Gasteiger charge is 2.22. The molecule has 0 spiro atoms. The van der Waals surface area contributed by atoms with Crippen molar-refractivity contribution in [3.63, 3.8) is 0 Å². The van der Waals surface area contributed by atoms with E-state index in [0.717, 1.165) is 57.4 Å². The monoisotopic (exact) mass is 1460 g/mol. The number of nitro groups is 3. The lowest BCUT2D eigenvalue weighted by Crippen LogP contribution is -2.27. The molecule has 0 saturated carbocycles. The van der Waals surface area contributed by atoms with Crippen molar-refractivity contribution in [1.82, 2.24) is 0 Å². The van der Waals surface area contributed by atoms with Crippen LogP contribution >= 0.6 is 0 Å². The molecule has 0 fully saturated rings. The molecule has 10 aromatic carbocycles. The zero-order valence-corrected chi connectivity index (χ0v) is 61.0. The summed E-state index contributed by atoms with van der Waals surface area (Å²) in [6, 6.07) is 71.4. The highest BCUT2D eigenvalue weighted by molar-refractivity contribution is 5.89. The van der Waals surface area contributed by atoms with Gasteiger partial charge in [0.15, 0.2) is 0 Å². The average molecular weight is 1460 g/mol. The normalized spacial score (nSPS) is 10.6. The Morgan fingerprint density at radius 1 is 0.336 bits per heavy atom. The van der Waals surface area contributed by atoms with E-state index in [1.54, 1.807) is 63.2 Å². The Kier molecular flexibility index (Phi) is 31.1. The lowest BCUT2D eigenvalue weighted by molar-refractivity contribution is -0.384. The zero-order valence-electron chi connectivity index (χ0n) is 61.0. The minimum atomic E-state index is -0.626. The van der Waals surface area contributed by atoms with Crippen LogP contribution in [0.25, 0.3) is 0 Å². The molecule has 0 atom stereocenters. The summed E-state index contributed by atoms with van der Waals surface area (Å²) in [5.41, 5.74) is 26.9. The molecule has 0 aliphatic rings. The minimum absolute atomic E-state index is 0.0279. The van der Waals surface area contributed by atoms with Crippen LogP contribution in [0.5, 0.6) is 0 Å². The lowest BCUT2D eigenvalue weighted by Gasteiger charge is -2.20. The Morgan fingerprint density at radius 2 is 0.579 bits per heavy atom. The second-order valence-corrected chi connectivity index (χ2v) is 26.6. The largest absolute Gasteiger partial charge is 0.444 e. The molecule has 0 aromatic heterocycles. The van der Waals surface area contributed by atoms with Gasteiger partial charge in [-0.05, 0) is 157 Å². The molecule has 0 saturated heterocycles. The van der Waals surface area contributed by atoms with Gasteiger partial charge < -0.3 is 58.0 Å². The molecule has 10 rings (SSSR count). The number of hydrogen-bond donors (Lipinski definition) is 11. The van der Waals surface area contributed by atoms with Crippen molar-refractivity contribution in [3.8, 4) is 0 Å². The first-order valence-electron chi connectivity index (χ1n) is 33.7. The summed E-state index contributed by atoms with van der Waals surface area (Å²) < 4.78 is 28.7. The number of nitrogen functional groups attached to an aromatic ring is 3. The van der Waals surface area contributed by atoms with Crippen LogP contribution in [0, 0.1) is 36.2 Å². The van der Waals surface area contributed by atoms with E-state index >= 15 is 0 Å². The second-order valence-electron chi connectivity index (χ2n) is 26.6. The Hall–Kier alpha value is -13.5. The molecule has 26 nitrogen and oxygen atoms in total. The second kappa shape index (κ2) is 40.4. The third-order valence-corrected chi connectivity index (χ3v) is 14.2. The number of nitrogens with one attached hydrogen (secondary N) is 8. The van der Waals surface area contributed by atoms with Crippen LogP contribution in [0.2, 0.25) is 0 Å². The summed E-state index contributed by atoms with van der Waals surface area (Å²) in [5.74, 6) is -0.504. The van der Waals surface area contributed by atoms with E-state index in [1.165, 1.54) is 30.3 Å². The standard InChI is InChI=1S/C18H21N3O4.2C18H23N3O2.C13H11FN2O2.C13H13N3O2/c1-18(2,3)25-17(22)20-14-9-10-16(21(23)24)15(11-14)19-12-13-7-5-4-6-8-13;2*1-18(2,3)23-17(22)21-14-9-10-15(19)16(11-14)20-12-13-7-5-4-6-8-13;2*14-11-6-7-13(16(17)18)12(8-11)15-9-10-4-2-1-3-5-10/h4-11,19H,12H2,1-3H3,(H,20,22);2*4-11,20H,12,19H2,1-3H3,(H,21,22);1-8,15H,9H2;1-8,15H,9,14H2. The van der Waals surface area contributed by atoms with Gasteiger partial charge in [0.1, 0.15) is 39.7 Å². The Morgan fingerprint density at radius 3 is 0.869 bits per heavy atom. The molecule has 14 N–H and O–H groups in total. The van der Waals surface area contributed by atoms with Gasteiger partial charge in [-0.1, -0.05) is 152 Å². The Bertz CT molecular complexity index is 4310. The maximum atomic E-state index is 13.1. The van der Waals surface area contributed by atoms with Crippen LogP contribution < -0.4 is 59.7 Å². The van der Waals surface area contributed by atoms with Crippen LogP contribution in [-0.4, -0.2) is 49.9 Å². The third kappa shape index (κ3) is 31.4. The highest BCUT2D eigenvalue weighted by atomic mass is 19.1. The zero-order chi connectivity index (χ0) is 78.1. The van der Waals surface area contributed by atoms with E-state index in [2.05, 4.69) is 42.5 Å². The Balaban J connectivity index is 0.000000210. The number of nitrogens with zero attached hydrogens (tertiary/aromatic N) is 3. The summed E-state index contributed by atoms with van der Waals surface area (Å²) in [6.07, 6.45) is -1.59. The minimum Gasteiger partial charge on any atom is -0.444 e. The number of hydrogen-bond acceptors (Lipinski definition) is 20. The maximum absolute atomic E-state index is 13.1. The first-order valence-corrected chi connectivity index (χ1v) is 33.7. The molecule has 0 heterocycles. The molecule has 560 valence electrons. The molecule has 27 heteroatoms. The summed E-state index contributed by atoms with van der Waals surface area (Å²) >= 11 is 0. The fraction of sp³-hybridized carbons (Fsp3) is 0.212. The van der Waals surface area contributed by atoms with Crippen molar-refractivity contribution in [2.45, 2.75) is 112 Å². The number of anilines is 11. The number of benzene rings is 10. The molecular weight excluding hydrogens is 1370 g/mol. The van der Waals surface area contributed by atoms with Gasteiger partial charge >= 0.3 is 18.3 Å². The number of amides is 3. The maximum Gasteiger partial charge on any atom is 0.412 e. The van der Waals surface area contributed by atoms with E-state index < -0.39 is 55.7 Å². The first-order chi connectivity index (χ1) is 50.7. The number of halogens is 1. The van der Waals surface area contributed by atoms with Gasteiger partial charge in [-0.15, -0.1) is 0 Å². The van der Waals surface area contributed by atoms with Gasteiger partial charge in [0, 0.05) is 79.7 Å². The predicted molar refractivity (Wildman–Crippen MR) is 424 cm³/mol. The number of nitrogens with two attached hydrogens (primary N) is 3. The number of rotatable bonds is 21. The summed E-state index contributed by atoms with van der Waals surface area (Å²) in [4.78, 5) is 66.9. The van der Waals surface area contributed by atoms with Crippen molar-refractivity contribution in [2.75, 3.05) is 59.7 Å². The van der Waals surface area contributed by atoms with Crippen molar-refractivity contribution < 1.29 is 47.8 Å². The fourth-order valence-electron chi connectivity index (χ4n) is 9.38. The van der Waals surface area contributed by atoms with Crippen molar-refractivity contribution >= 4 is 97.9 Å². The van der Waals surface area contributed by atoms with Crippen LogP contribution in [-0.2, 0) is 46.9 Å². The van der Waals surface area contributed by atoms with E-state index in [4.69, 9.17) is 31.4 Å². The van der Waals surface area contributed by atoms with E-state index in [0.29, 0.717) is 78.2 Å². The van der Waals surface area contributed by atoms with Gasteiger partial charge in [-0.3, -0.25) is 46.3 Å². The molecule has 0 aliphatic heterocycles. The number of nitro benzene ring substituents is 3. The molecular formula is C80H91FN14O12. The lowest BCUT2D eigenvalue weighted by atomic mass is 10.2. The van der Waals surface area contributed by atoms with Crippen molar-refractivity contribution in [2.24, 2.45) is 0 Å². The molecule has 3 amide bonds. The summed E-state index contributed by atoms with van der Waals surface area (Å²) in [7, 11) is 0. The smallest absolute Gasteiger partial charge is 0.412 e. The van der Waals surface area contributed by atoms with Crippen molar-refractivity contribution in [1.29, 1.82) is 0 Å². The van der Waals surface area contributed by atoms with Crippen LogP contribution in [0.4, 0.5) is 98.4 Å². The summed E-state index contributed by atoms with van der Waals surface area (Å²) in [6.45, 7) is 18.9. The highest BCUT2D eigenvalue weighted by Crippen LogP contribution is 2.32. The quantitative estimate of drug-likeness (QED) is 0.0138. The average Bonchev–Trinajstić information content (AvgIpc) is 0.862. The number of carbonyl (C=O) groups is 3. The van der Waals surface area contributed by atoms with E-state index in [9.17, 15) is 49.1 Å².